The molecule has 10 aromatic rings. The molecule has 1 saturated carbocycles. The number of aliphatic carboxylic acids is 1. The van der Waals surface area contributed by atoms with Gasteiger partial charge in [0, 0.05) is 75.3 Å². The molecule has 2 aromatic heterocycles. The number of nitrogens with zero attached hydrogens (tertiary/aromatic N) is 3. The lowest BCUT2D eigenvalue weighted by atomic mass is 9.90. The fourth-order valence-corrected chi connectivity index (χ4v) is 14.1. The monoisotopic (exact) mass is 1290 g/mol. The number of aliphatic hydroxyl groups is 2. The zero-order valence-electron chi connectivity index (χ0n) is 54.4. The van der Waals surface area contributed by atoms with Crippen molar-refractivity contribution < 1.29 is 34.3 Å². The molecule has 1 aliphatic carbocycles. The largest absolute Gasteiger partial charge is 0.493 e. The number of benzene rings is 8. The molecule has 8 aromatic carbocycles. The van der Waals surface area contributed by atoms with Gasteiger partial charge in [0.15, 0.2) is 11.5 Å². The summed E-state index contributed by atoms with van der Waals surface area (Å²) in [5, 5.41) is 37.7. The van der Waals surface area contributed by atoms with Crippen molar-refractivity contribution in [3.8, 4) is 17.2 Å². The Morgan fingerprint density at radius 3 is 2.18 bits per heavy atom. The molecule has 12 nitrogen and oxygen atoms in total. The van der Waals surface area contributed by atoms with Gasteiger partial charge in [-0.15, -0.1) is 0 Å². The highest BCUT2D eigenvalue weighted by Crippen LogP contribution is 2.53. The van der Waals surface area contributed by atoms with Crippen LogP contribution in [0.4, 0.5) is 11.4 Å². The Balaban J connectivity index is 0.000000160. The number of H-pyrrole nitrogens is 1. The van der Waals surface area contributed by atoms with E-state index in [9.17, 15) is 20.1 Å². The molecule has 0 amide bonds. The van der Waals surface area contributed by atoms with E-state index in [4.69, 9.17) is 30.8 Å². The third-order valence-corrected chi connectivity index (χ3v) is 19.1. The summed E-state index contributed by atoms with van der Waals surface area (Å²) >= 11 is 8.04. The zero-order chi connectivity index (χ0) is 65.3. The normalized spacial score (nSPS) is 14.3. The summed E-state index contributed by atoms with van der Waals surface area (Å²) in [4.78, 5) is 24.4. The Labute approximate surface area is 557 Å². The summed E-state index contributed by atoms with van der Waals surface area (Å²) < 4.78 is 16.9. The summed E-state index contributed by atoms with van der Waals surface area (Å²) in [7, 11) is 5.93. The van der Waals surface area contributed by atoms with Crippen LogP contribution in [-0.4, -0.2) is 109 Å². The maximum absolute atomic E-state index is 11.5. The molecule has 0 radical (unpaired) electrons. The van der Waals surface area contributed by atoms with Crippen LogP contribution in [-0.2, 0) is 29.7 Å². The predicted molar refractivity (Wildman–Crippen MR) is 385 cm³/mol. The summed E-state index contributed by atoms with van der Waals surface area (Å²) in [5.41, 5.74) is 13.0. The van der Waals surface area contributed by atoms with Crippen molar-refractivity contribution >= 4 is 85.6 Å². The Morgan fingerprint density at radius 1 is 0.785 bits per heavy atom. The SMILES string of the molecule is CC(C)(O)c1ccccc1CC[C@@H](SCC1(CC(=O)O)CC1)c1cccc(/C=C/c2ccc3ccc(Cl)cc3n2)c1.CC(CN(C)C)CN1c2ccccc2CCc2ccccc21.COc1ccccc1OCCNCC(O)COc1cccc2[nH]c3ccccc3c12. The molecule has 12 rings (SSSR count). The van der Waals surface area contributed by atoms with Gasteiger partial charge in [-0.2, -0.15) is 11.8 Å². The first-order valence-electron chi connectivity index (χ1n) is 32.3. The number of thioether (sulfide) groups is 1. The van der Waals surface area contributed by atoms with Gasteiger partial charge in [-0.1, -0.05) is 158 Å². The molecule has 93 heavy (non-hydrogen) atoms. The number of carboxylic acids is 1. The fraction of sp³-hybridized carbons (Fsp3) is 0.316. The molecule has 1 aliphatic heterocycles. The van der Waals surface area contributed by atoms with Crippen molar-refractivity contribution in [3.63, 3.8) is 0 Å². The summed E-state index contributed by atoms with van der Waals surface area (Å²) in [6.07, 6.45) is 9.65. The summed E-state index contributed by atoms with van der Waals surface area (Å²) in [6, 6.07) is 65.8. The molecule has 2 aliphatic rings. The molecular weight excluding hydrogens is 1200 g/mol. The second-order valence-electron chi connectivity index (χ2n) is 25.5. The molecule has 0 spiro atoms. The van der Waals surface area contributed by atoms with Crippen LogP contribution in [0.15, 0.2) is 194 Å². The van der Waals surface area contributed by atoms with Crippen LogP contribution in [0.5, 0.6) is 17.2 Å². The fourth-order valence-electron chi connectivity index (χ4n) is 12.4. The Morgan fingerprint density at radius 2 is 1.45 bits per heavy atom. The minimum Gasteiger partial charge on any atom is -0.493 e. The van der Waals surface area contributed by atoms with E-state index in [0.29, 0.717) is 42.1 Å². The van der Waals surface area contributed by atoms with Gasteiger partial charge in [0.25, 0.3) is 0 Å². The van der Waals surface area contributed by atoms with Crippen LogP contribution in [0.2, 0.25) is 5.02 Å². The lowest BCUT2D eigenvalue weighted by Crippen LogP contribution is -2.33. The molecule has 3 atom stereocenters. The van der Waals surface area contributed by atoms with Crippen molar-refractivity contribution in [1.29, 1.82) is 0 Å². The highest BCUT2D eigenvalue weighted by Gasteiger charge is 2.44. The van der Waals surface area contributed by atoms with Crippen molar-refractivity contribution in [2.45, 2.75) is 82.7 Å². The lowest BCUT2D eigenvalue weighted by Gasteiger charge is -2.30. The van der Waals surface area contributed by atoms with Gasteiger partial charge in [-0.25, -0.2) is 4.98 Å². The highest BCUT2D eigenvalue weighted by molar-refractivity contribution is 7.99. The molecule has 2 unspecified atom stereocenters. The first-order chi connectivity index (χ1) is 45.0. The van der Waals surface area contributed by atoms with E-state index < -0.39 is 17.7 Å². The van der Waals surface area contributed by atoms with Crippen LogP contribution in [0.25, 0.3) is 44.9 Å². The van der Waals surface area contributed by atoms with E-state index in [2.05, 4.69) is 138 Å². The highest BCUT2D eigenvalue weighted by atomic mass is 35.5. The van der Waals surface area contributed by atoms with E-state index in [1.54, 1.807) is 7.11 Å². The van der Waals surface area contributed by atoms with Crippen LogP contribution in [0, 0.1) is 11.3 Å². The number of hydrogen-bond acceptors (Lipinski definition) is 11. The third kappa shape index (κ3) is 18.8. The van der Waals surface area contributed by atoms with E-state index in [1.165, 1.54) is 28.1 Å². The molecular formula is C79H88ClN5O7S. The third-order valence-electron chi connectivity index (χ3n) is 17.1. The smallest absolute Gasteiger partial charge is 0.303 e. The number of anilines is 2. The van der Waals surface area contributed by atoms with Gasteiger partial charge < -0.3 is 49.6 Å². The van der Waals surface area contributed by atoms with E-state index in [-0.39, 0.29) is 23.7 Å². The van der Waals surface area contributed by atoms with Crippen molar-refractivity contribution in [2.75, 3.05) is 71.3 Å². The molecule has 0 bridgehead atoms. The number of methoxy groups -OCH3 is 1. The number of ether oxygens (including phenoxy) is 3. The Kier molecular flexibility index (Phi) is 23.4. The number of aromatic nitrogens is 2. The number of rotatable bonds is 26. The van der Waals surface area contributed by atoms with Gasteiger partial charge in [-0.05, 0) is 178 Å². The quantitative estimate of drug-likeness (QED) is 0.0328. The van der Waals surface area contributed by atoms with Crippen molar-refractivity contribution in [3.05, 3.63) is 238 Å². The van der Waals surface area contributed by atoms with Crippen LogP contribution < -0.4 is 24.4 Å². The summed E-state index contributed by atoms with van der Waals surface area (Å²) in [6.45, 7) is 9.88. The minimum atomic E-state index is -0.911. The Bertz CT molecular complexity index is 4070. The van der Waals surface area contributed by atoms with Gasteiger partial charge in [0.1, 0.15) is 25.1 Å². The number of hydrogen-bond donors (Lipinski definition) is 5. The number of aromatic amines is 1. The standard InChI is InChI=1S/C35H36ClNO3S.C24H26N2O4.C20H26N2/c1-34(2,40)30-9-4-3-7-25(30)13-17-32(41-23-35(18-19-35)22-33(38)39)27-8-5-6-24(20-27)10-15-29-16-12-26-11-14-28(36)21-31(26)37-29;1-28-21-10-4-5-11-22(21)29-14-13-25-15-17(27)16-30-23-12-6-9-20-24(23)18-7-2-3-8-19(18)26-20;1-16(14-21(2)3)15-22-19-10-6-4-8-17(19)12-13-18-9-5-7-11-20(18)22/h3-12,14-16,20-21,32,40H,13,17-19,22-23H2,1-2H3,(H,38,39);2-12,17,25-27H,13-16H2,1H3;4-11,16H,12-15H2,1-3H3/b15-10+;;/t32-;;/m1../s1. The summed E-state index contributed by atoms with van der Waals surface area (Å²) in [5.74, 6) is 2.92. The number of halogens is 1. The van der Waals surface area contributed by atoms with Gasteiger partial charge in [0.2, 0.25) is 0 Å². The average molecular weight is 1290 g/mol. The van der Waals surface area contributed by atoms with Crippen LogP contribution in [0.3, 0.4) is 0 Å². The first-order valence-corrected chi connectivity index (χ1v) is 33.8. The van der Waals surface area contributed by atoms with Gasteiger partial charge in [0.05, 0.1) is 35.9 Å². The van der Waals surface area contributed by atoms with E-state index in [1.807, 2.05) is 135 Å². The van der Waals surface area contributed by atoms with Crippen molar-refractivity contribution in [2.24, 2.45) is 11.3 Å². The number of para-hydroxylation sites is 5. The molecule has 0 saturated heterocycles. The van der Waals surface area contributed by atoms with E-state index >= 15 is 0 Å². The maximum atomic E-state index is 11.5. The molecule has 3 heterocycles. The molecule has 1 fully saturated rings. The van der Waals surface area contributed by atoms with Gasteiger partial charge >= 0.3 is 5.97 Å². The molecule has 5 N–H and O–H groups in total. The number of fused-ring (bicyclic) bond motifs is 6. The van der Waals surface area contributed by atoms with Crippen LogP contribution in [0.1, 0.15) is 90.8 Å². The predicted octanol–water partition coefficient (Wildman–Crippen LogP) is 16.8. The number of aryl methyl sites for hydroxylation is 3. The average Bonchev–Trinajstić information content (AvgIpc) is 1.75. The minimum absolute atomic E-state index is 0.0814. The maximum Gasteiger partial charge on any atom is 0.303 e. The Hall–Kier alpha value is -8.14. The van der Waals surface area contributed by atoms with E-state index in [0.717, 1.165) is 118 Å². The number of carboxylic acid groups (broad SMARTS) is 1. The number of aliphatic hydroxyl groups excluding tert-OH is 1. The van der Waals surface area contributed by atoms with Crippen molar-refractivity contribution in [1.82, 2.24) is 20.2 Å². The number of pyridine rings is 1. The lowest BCUT2D eigenvalue weighted by molar-refractivity contribution is -0.138. The number of nitrogens with one attached hydrogen (secondary N) is 2. The number of carbonyl (C=O) groups is 1. The second-order valence-corrected chi connectivity index (χ2v) is 27.1. The van der Waals surface area contributed by atoms with Crippen LogP contribution >= 0.6 is 23.4 Å². The zero-order valence-corrected chi connectivity index (χ0v) is 55.9. The molecule has 14 heteroatoms. The molecule has 484 valence electrons. The topological polar surface area (TPSA) is 153 Å². The van der Waals surface area contributed by atoms with Gasteiger partial charge in [-0.3, -0.25) is 4.79 Å². The second kappa shape index (κ2) is 32.1. The first kappa shape index (κ1) is 67.7.